The molecule has 0 unspecified atom stereocenters. The number of carbonyl (C=O) groups excluding carboxylic acids is 1. The first kappa shape index (κ1) is 25.6. The van der Waals surface area contributed by atoms with Crippen LogP contribution in [0, 0.1) is 0 Å². The number of fused-ring (bicyclic) bond motifs is 1. The predicted octanol–water partition coefficient (Wildman–Crippen LogP) is 3.72. The van der Waals surface area contributed by atoms with Gasteiger partial charge in [-0.2, -0.15) is 18.3 Å². The van der Waals surface area contributed by atoms with E-state index in [1.54, 1.807) is 10.9 Å². The van der Waals surface area contributed by atoms with Crippen LogP contribution in [0.3, 0.4) is 0 Å². The SMILES string of the molecule is Cn1nccc1-c1nnc(N2CCC(NC(=O)c3ccccc3S(=O)(=O)C(F)(F)F)CC2)c2ccccc12. The number of hydrogen-bond donors (Lipinski definition) is 1. The number of aromatic nitrogens is 4. The van der Waals surface area contributed by atoms with Gasteiger partial charge in [-0.1, -0.05) is 36.4 Å². The zero-order valence-corrected chi connectivity index (χ0v) is 21.0. The van der Waals surface area contributed by atoms with Crippen LogP contribution >= 0.6 is 0 Å². The maximum Gasteiger partial charge on any atom is 0.501 e. The fourth-order valence-electron chi connectivity index (χ4n) is 4.63. The third kappa shape index (κ3) is 4.57. The number of aryl methyl sites for hydroxylation is 1. The molecule has 1 saturated heterocycles. The van der Waals surface area contributed by atoms with Gasteiger partial charge in [-0.15, -0.1) is 10.2 Å². The molecule has 0 aliphatic carbocycles. The van der Waals surface area contributed by atoms with Gasteiger partial charge in [-0.25, -0.2) is 8.42 Å². The van der Waals surface area contributed by atoms with E-state index in [0.29, 0.717) is 37.4 Å². The number of amides is 1. The van der Waals surface area contributed by atoms with Crippen molar-refractivity contribution in [2.24, 2.45) is 7.05 Å². The van der Waals surface area contributed by atoms with Crippen LogP contribution in [0.25, 0.3) is 22.2 Å². The largest absolute Gasteiger partial charge is 0.501 e. The van der Waals surface area contributed by atoms with Gasteiger partial charge in [0.2, 0.25) is 0 Å². The number of anilines is 1. The molecule has 2 aromatic carbocycles. The number of nitrogens with one attached hydrogen (secondary N) is 1. The predicted molar refractivity (Wildman–Crippen MR) is 134 cm³/mol. The first-order chi connectivity index (χ1) is 18.1. The first-order valence-corrected chi connectivity index (χ1v) is 13.3. The Kier molecular flexibility index (Phi) is 6.55. The molecule has 1 N–H and O–H groups in total. The number of sulfone groups is 1. The lowest BCUT2D eigenvalue weighted by Crippen LogP contribution is -2.45. The highest BCUT2D eigenvalue weighted by atomic mass is 32.2. The van der Waals surface area contributed by atoms with Crippen molar-refractivity contribution in [3.8, 4) is 11.4 Å². The molecular weight excluding hydrogens is 521 g/mol. The molecule has 0 spiro atoms. The van der Waals surface area contributed by atoms with E-state index in [-0.39, 0.29) is 6.04 Å². The fourth-order valence-corrected chi connectivity index (χ4v) is 5.59. The molecule has 1 aliphatic heterocycles. The Morgan fingerprint density at radius 2 is 1.63 bits per heavy atom. The molecule has 4 aromatic rings. The van der Waals surface area contributed by atoms with Crippen molar-refractivity contribution in [1.29, 1.82) is 0 Å². The summed E-state index contributed by atoms with van der Waals surface area (Å²) >= 11 is 0. The number of alkyl halides is 3. The molecule has 3 heterocycles. The molecule has 1 aliphatic rings. The van der Waals surface area contributed by atoms with Crippen LogP contribution in [0.1, 0.15) is 23.2 Å². The highest BCUT2D eigenvalue weighted by Gasteiger charge is 2.48. The summed E-state index contributed by atoms with van der Waals surface area (Å²) in [6.45, 7) is 1.02. The molecule has 0 atom stereocenters. The minimum atomic E-state index is -5.67. The molecule has 0 radical (unpaired) electrons. The Balaban J connectivity index is 1.33. The highest BCUT2D eigenvalue weighted by Crippen LogP contribution is 2.33. The quantitative estimate of drug-likeness (QED) is 0.408. The number of nitrogens with zero attached hydrogens (tertiary/aromatic N) is 5. The lowest BCUT2D eigenvalue weighted by Gasteiger charge is -2.33. The number of halogens is 3. The second-order valence-electron chi connectivity index (χ2n) is 8.94. The molecule has 38 heavy (non-hydrogen) atoms. The van der Waals surface area contributed by atoms with Gasteiger partial charge in [0.05, 0.1) is 16.2 Å². The average Bonchev–Trinajstić information content (AvgIpc) is 3.33. The number of benzene rings is 2. The molecule has 9 nitrogen and oxygen atoms in total. The van der Waals surface area contributed by atoms with E-state index in [4.69, 9.17) is 0 Å². The third-order valence-electron chi connectivity index (χ3n) is 6.59. The van der Waals surface area contributed by atoms with Gasteiger partial charge in [0.1, 0.15) is 5.69 Å². The Labute approximate surface area is 216 Å². The fraction of sp³-hybridized carbons (Fsp3) is 0.280. The van der Waals surface area contributed by atoms with E-state index < -0.39 is 31.7 Å². The van der Waals surface area contributed by atoms with Gasteiger partial charge in [-0.3, -0.25) is 9.48 Å². The van der Waals surface area contributed by atoms with E-state index in [2.05, 4.69) is 20.6 Å². The average molecular weight is 545 g/mol. The monoisotopic (exact) mass is 544 g/mol. The standard InChI is InChI=1S/C25H23F3N6O3S/c1-33-20(10-13-29-33)22-17-6-2-3-7-18(17)23(32-31-22)34-14-11-16(12-15-34)30-24(35)19-8-4-5-9-21(19)38(36,37)25(26,27)28/h2-10,13,16H,11-12,14-15H2,1H3,(H,30,35). The van der Waals surface area contributed by atoms with E-state index in [0.717, 1.165) is 34.7 Å². The van der Waals surface area contributed by atoms with Crippen LogP contribution in [0.2, 0.25) is 0 Å². The molecule has 198 valence electrons. The third-order valence-corrected chi connectivity index (χ3v) is 8.13. The summed E-state index contributed by atoms with van der Waals surface area (Å²) in [5.74, 6) is -0.171. The number of carbonyl (C=O) groups is 1. The molecule has 1 fully saturated rings. The minimum Gasteiger partial charge on any atom is -0.354 e. The van der Waals surface area contributed by atoms with Crippen molar-refractivity contribution in [1.82, 2.24) is 25.3 Å². The van der Waals surface area contributed by atoms with Gasteiger partial charge in [0.15, 0.2) is 5.82 Å². The smallest absolute Gasteiger partial charge is 0.354 e. The summed E-state index contributed by atoms with van der Waals surface area (Å²) in [5, 5.41) is 17.7. The second-order valence-corrected chi connectivity index (χ2v) is 10.8. The molecule has 2 aromatic heterocycles. The molecule has 13 heteroatoms. The normalized spacial score (nSPS) is 15.1. The topological polar surface area (TPSA) is 110 Å². The minimum absolute atomic E-state index is 0.353. The van der Waals surface area contributed by atoms with Crippen molar-refractivity contribution in [2.75, 3.05) is 18.0 Å². The molecule has 0 saturated carbocycles. The summed E-state index contributed by atoms with van der Waals surface area (Å²) in [6.07, 6.45) is 2.66. The van der Waals surface area contributed by atoms with Crippen LogP contribution in [-0.2, 0) is 16.9 Å². The van der Waals surface area contributed by atoms with Crippen molar-refractivity contribution in [3.05, 3.63) is 66.4 Å². The number of hydrogen-bond acceptors (Lipinski definition) is 7. The van der Waals surface area contributed by atoms with E-state index in [1.165, 1.54) is 6.07 Å². The zero-order chi connectivity index (χ0) is 27.1. The maximum absolute atomic E-state index is 13.1. The van der Waals surface area contributed by atoms with Gasteiger partial charge in [0.25, 0.3) is 15.7 Å². The lowest BCUT2D eigenvalue weighted by atomic mass is 10.0. The van der Waals surface area contributed by atoms with Crippen LogP contribution in [-0.4, -0.2) is 58.9 Å². The van der Waals surface area contributed by atoms with Gasteiger partial charge in [-0.05, 0) is 31.0 Å². The maximum atomic E-state index is 13.1. The van der Waals surface area contributed by atoms with Crippen molar-refractivity contribution in [3.63, 3.8) is 0 Å². The highest BCUT2D eigenvalue weighted by molar-refractivity contribution is 7.92. The summed E-state index contributed by atoms with van der Waals surface area (Å²) in [6, 6.07) is 13.6. The van der Waals surface area contributed by atoms with Gasteiger partial charge in [0, 0.05) is 43.1 Å². The first-order valence-electron chi connectivity index (χ1n) is 11.8. The molecule has 1 amide bonds. The van der Waals surface area contributed by atoms with Crippen LogP contribution in [0.5, 0.6) is 0 Å². The van der Waals surface area contributed by atoms with Crippen LogP contribution < -0.4 is 10.2 Å². The molecule has 5 rings (SSSR count). The van der Waals surface area contributed by atoms with E-state index >= 15 is 0 Å². The van der Waals surface area contributed by atoms with Crippen LogP contribution in [0.15, 0.2) is 65.7 Å². The van der Waals surface area contributed by atoms with E-state index in [9.17, 15) is 26.4 Å². The van der Waals surface area contributed by atoms with Gasteiger partial charge >= 0.3 is 5.51 Å². The molecular formula is C25H23F3N6O3S. The Morgan fingerprint density at radius 1 is 0.974 bits per heavy atom. The Hall–Kier alpha value is -4.00. The van der Waals surface area contributed by atoms with E-state index in [1.807, 2.05) is 42.3 Å². The number of piperidine rings is 1. The second kappa shape index (κ2) is 9.71. The zero-order valence-electron chi connectivity index (χ0n) is 20.2. The number of rotatable bonds is 5. The Bertz CT molecular complexity index is 1610. The molecule has 0 bridgehead atoms. The van der Waals surface area contributed by atoms with Crippen molar-refractivity contribution < 1.29 is 26.4 Å². The summed E-state index contributed by atoms with van der Waals surface area (Å²) < 4.78 is 65.0. The van der Waals surface area contributed by atoms with Crippen LogP contribution in [0.4, 0.5) is 19.0 Å². The van der Waals surface area contributed by atoms with Gasteiger partial charge < -0.3 is 10.2 Å². The van der Waals surface area contributed by atoms with Crippen molar-refractivity contribution in [2.45, 2.75) is 29.3 Å². The Morgan fingerprint density at radius 3 is 2.29 bits per heavy atom. The lowest BCUT2D eigenvalue weighted by molar-refractivity contribution is -0.0436. The summed E-state index contributed by atoms with van der Waals surface area (Å²) in [5.41, 5.74) is -4.51. The van der Waals surface area contributed by atoms with Crippen molar-refractivity contribution >= 4 is 32.3 Å². The summed E-state index contributed by atoms with van der Waals surface area (Å²) in [4.78, 5) is 13.8. The summed E-state index contributed by atoms with van der Waals surface area (Å²) in [7, 11) is -3.84.